The number of hydrogen-bond donors (Lipinski definition) is 2. The monoisotopic (exact) mass is 353 g/mol. The SMILES string of the molecule is Cc1ccccc1C(=O)c1cnc(NCCCNS(C)(=O)=O)s1. The maximum absolute atomic E-state index is 12.4. The number of nitrogens with one attached hydrogen (secondary N) is 2. The van der Waals surface area contributed by atoms with Gasteiger partial charge in [0.15, 0.2) is 5.13 Å². The molecule has 2 rings (SSSR count). The Morgan fingerprint density at radius 1 is 1.26 bits per heavy atom. The third-order valence-electron chi connectivity index (χ3n) is 3.11. The second-order valence-corrected chi connectivity index (χ2v) is 7.98. The van der Waals surface area contributed by atoms with E-state index in [9.17, 15) is 13.2 Å². The predicted molar refractivity (Wildman–Crippen MR) is 92.7 cm³/mol. The summed E-state index contributed by atoms with van der Waals surface area (Å²) in [5, 5.41) is 3.75. The highest BCUT2D eigenvalue weighted by Gasteiger charge is 2.14. The molecule has 2 N–H and O–H groups in total. The molecule has 0 unspecified atom stereocenters. The van der Waals surface area contributed by atoms with Crippen LogP contribution >= 0.6 is 11.3 Å². The number of nitrogens with zero attached hydrogens (tertiary/aromatic N) is 1. The molecule has 0 radical (unpaired) electrons. The maximum atomic E-state index is 12.4. The van der Waals surface area contributed by atoms with Crippen molar-refractivity contribution in [2.24, 2.45) is 0 Å². The van der Waals surface area contributed by atoms with Crippen LogP contribution < -0.4 is 10.0 Å². The van der Waals surface area contributed by atoms with E-state index in [2.05, 4.69) is 15.0 Å². The van der Waals surface area contributed by atoms with Crippen molar-refractivity contribution in [3.63, 3.8) is 0 Å². The van der Waals surface area contributed by atoms with Crippen LogP contribution in [0, 0.1) is 6.92 Å². The average molecular weight is 353 g/mol. The van der Waals surface area contributed by atoms with Gasteiger partial charge in [0.05, 0.1) is 17.3 Å². The molecular weight excluding hydrogens is 334 g/mol. The predicted octanol–water partition coefficient (Wildman–Crippen LogP) is 2.03. The van der Waals surface area contributed by atoms with E-state index in [0.29, 0.717) is 35.1 Å². The Morgan fingerprint density at radius 3 is 2.70 bits per heavy atom. The smallest absolute Gasteiger partial charge is 0.208 e. The van der Waals surface area contributed by atoms with E-state index in [0.717, 1.165) is 11.8 Å². The standard InChI is InChI=1S/C15H19N3O3S2/c1-11-6-3-4-7-12(11)14(19)13-10-17-15(22-13)16-8-5-9-18-23(2,20)21/h3-4,6-7,10,18H,5,8-9H2,1-2H3,(H,16,17). The molecule has 0 aliphatic heterocycles. The van der Waals surface area contributed by atoms with Crippen molar-refractivity contribution in [3.05, 3.63) is 46.5 Å². The van der Waals surface area contributed by atoms with Crippen LogP contribution in [0.1, 0.15) is 27.2 Å². The van der Waals surface area contributed by atoms with Crippen LogP contribution in [0.5, 0.6) is 0 Å². The summed E-state index contributed by atoms with van der Waals surface area (Å²) in [6.45, 7) is 2.85. The van der Waals surface area contributed by atoms with Gasteiger partial charge < -0.3 is 5.32 Å². The minimum atomic E-state index is -3.15. The van der Waals surface area contributed by atoms with Gasteiger partial charge in [0, 0.05) is 18.7 Å². The number of aromatic nitrogens is 1. The lowest BCUT2D eigenvalue weighted by Gasteiger charge is -2.03. The summed E-state index contributed by atoms with van der Waals surface area (Å²) in [7, 11) is -3.15. The quantitative estimate of drug-likeness (QED) is 0.560. The number of rotatable bonds is 8. The van der Waals surface area contributed by atoms with E-state index in [-0.39, 0.29) is 5.78 Å². The Bertz CT molecular complexity index is 785. The van der Waals surface area contributed by atoms with Crippen molar-refractivity contribution in [2.45, 2.75) is 13.3 Å². The molecule has 0 atom stereocenters. The molecule has 0 spiro atoms. The molecule has 1 aromatic carbocycles. The fourth-order valence-corrected chi connectivity index (χ4v) is 3.27. The van der Waals surface area contributed by atoms with Crippen LogP contribution in [0.3, 0.4) is 0 Å². The van der Waals surface area contributed by atoms with Crippen LogP contribution in [-0.4, -0.2) is 38.5 Å². The first kappa shape index (κ1) is 17.6. The molecule has 2 aromatic rings. The first-order chi connectivity index (χ1) is 10.9. The molecule has 1 heterocycles. The Labute approximate surface area is 140 Å². The molecule has 0 saturated heterocycles. The number of hydrogen-bond acceptors (Lipinski definition) is 6. The van der Waals surface area contributed by atoms with E-state index in [4.69, 9.17) is 0 Å². The van der Waals surface area contributed by atoms with Gasteiger partial charge in [-0.3, -0.25) is 4.79 Å². The Hall–Kier alpha value is -1.77. The summed E-state index contributed by atoms with van der Waals surface area (Å²) in [5.74, 6) is -0.0348. The van der Waals surface area contributed by atoms with E-state index < -0.39 is 10.0 Å². The van der Waals surface area contributed by atoms with Gasteiger partial charge in [-0.2, -0.15) is 0 Å². The lowest BCUT2D eigenvalue weighted by molar-refractivity contribution is 0.104. The second kappa shape index (κ2) is 7.67. The summed E-state index contributed by atoms with van der Waals surface area (Å²) in [4.78, 5) is 17.2. The number of anilines is 1. The van der Waals surface area contributed by atoms with Crippen LogP contribution in [0.25, 0.3) is 0 Å². The lowest BCUT2D eigenvalue weighted by Crippen LogP contribution is -2.24. The summed E-state index contributed by atoms with van der Waals surface area (Å²) in [6.07, 6.45) is 3.33. The molecule has 0 aliphatic carbocycles. The fourth-order valence-electron chi connectivity index (χ4n) is 1.96. The fraction of sp³-hybridized carbons (Fsp3) is 0.333. The molecule has 1 aromatic heterocycles. The van der Waals surface area contributed by atoms with E-state index in [1.807, 2.05) is 25.1 Å². The zero-order valence-corrected chi connectivity index (χ0v) is 14.6. The van der Waals surface area contributed by atoms with Gasteiger partial charge >= 0.3 is 0 Å². The maximum Gasteiger partial charge on any atom is 0.208 e. The molecule has 6 nitrogen and oxygen atoms in total. The van der Waals surface area contributed by atoms with Crippen LogP contribution in [0.4, 0.5) is 5.13 Å². The summed E-state index contributed by atoms with van der Waals surface area (Å²) >= 11 is 1.30. The minimum Gasteiger partial charge on any atom is -0.361 e. The highest BCUT2D eigenvalue weighted by molar-refractivity contribution is 7.88. The van der Waals surface area contributed by atoms with Gasteiger partial charge in [0.1, 0.15) is 0 Å². The molecule has 23 heavy (non-hydrogen) atoms. The highest BCUT2D eigenvalue weighted by Crippen LogP contribution is 2.22. The van der Waals surface area contributed by atoms with Crippen molar-refractivity contribution in [1.82, 2.24) is 9.71 Å². The zero-order chi connectivity index (χ0) is 16.9. The normalized spacial score (nSPS) is 11.4. The van der Waals surface area contributed by atoms with Crippen molar-refractivity contribution in [3.8, 4) is 0 Å². The molecule has 0 bridgehead atoms. The third-order valence-corrected chi connectivity index (χ3v) is 4.80. The number of carbonyl (C=O) groups is 1. The molecule has 8 heteroatoms. The van der Waals surface area contributed by atoms with Crippen molar-refractivity contribution in [2.75, 3.05) is 24.7 Å². The topological polar surface area (TPSA) is 88.2 Å². The molecular formula is C15H19N3O3S2. The summed E-state index contributed by atoms with van der Waals surface area (Å²) < 4.78 is 24.3. The minimum absolute atomic E-state index is 0.0348. The molecule has 0 saturated carbocycles. The van der Waals surface area contributed by atoms with Gasteiger partial charge in [0.25, 0.3) is 0 Å². The zero-order valence-electron chi connectivity index (χ0n) is 13.0. The molecule has 0 aliphatic rings. The number of thiazole rings is 1. The van der Waals surface area contributed by atoms with Gasteiger partial charge in [-0.15, -0.1) is 0 Å². The second-order valence-electron chi connectivity index (χ2n) is 5.12. The Kier molecular flexibility index (Phi) is 5.86. The van der Waals surface area contributed by atoms with E-state index in [1.165, 1.54) is 11.3 Å². The largest absolute Gasteiger partial charge is 0.361 e. The molecule has 0 amide bonds. The first-order valence-corrected chi connectivity index (χ1v) is 9.82. The van der Waals surface area contributed by atoms with E-state index >= 15 is 0 Å². The van der Waals surface area contributed by atoms with Crippen molar-refractivity contribution >= 4 is 32.3 Å². The number of carbonyl (C=O) groups excluding carboxylic acids is 1. The summed E-state index contributed by atoms with van der Waals surface area (Å²) in [5.41, 5.74) is 1.62. The number of aryl methyl sites for hydroxylation is 1. The number of benzene rings is 1. The molecule has 0 fully saturated rings. The van der Waals surface area contributed by atoms with Crippen LogP contribution in [0.15, 0.2) is 30.5 Å². The van der Waals surface area contributed by atoms with E-state index in [1.54, 1.807) is 12.3 Å². The van der Waals surface area contributed by atoms with Crippen LogP contribution in [0.2, 0.25) is 0 Å². The molecule has 124 valence electrons. The summed E-state index contributed by atoms with van der Waals surface area (Å²) in [6, 6.07) is 7.45. The van der Waals surface area contributed by atoms with Gasteiger partial charge in [-0.1, -0.05) is 35.6 Å². The first-order valence-electron chi connectivity index (χ1n) is 7.11. The van der Waals surface area contributed by atoms with Crippen LogP contribution in [-0.2, 0) is 10.0 Å². The Balaban J connectivity index is 1.88. The van der Waals surface area contributed by atoms with Crippen molar-refractivity contribution < 1.29 is 13.2 Å². The third kappa shape index (κ3) is 5.42. The van der Waals surface area contributed by atoms with Gasteiger partial charge in [0.2, 0.25) is 15.8 Å². The van der Waals surface area contributed by atoms with Crippen molar-refractivity contribution in [1.29, 1.82) is 0 Å². The number of ketones is 1. The van der Waals surface area contributed by atoms with Gasteiger partial charge in [-0.05, 0) is 18.9 Å². The number of sulfonamides is 1. The average Bonchev–Trinajstić information content (AvgIpc) is 2.94. The van der Waals surface area contributed by atoms with Gasteiger partial charge in [-0.25, -0.2) is 18.1 Å². The lowest BCUT2D eigenvalue weighted by atomic mass is 10.0. The highest BCUT2D eigenvalue weighted by atomic mass is 32.2. The Morgan fingerprint density at radius 2 is 2.00 bits per heavy atom.